The van der Waals surface area contributed by atoms with Crippen molar-refractivity contribution in [3.63, 3.8) is 0 Å². The van der Waals surface area contributed by atoms with Gasteiger partial charge in [0.15, 0.2) is 0 Å². The van der Waals surface area contributed by atoms with E-state index in [0.717, 1.165) is 19.3 Å². The van der Waals surface area contributed by atoms with Gasteiger partial charge in [0.05, 0.1) is 13.2 Å². The minimum atomic E-state index is -3.52. The van der Waals surface area contributed by atoms with Gasteiger partial charge in [-0.1, -0.05) is 6.42 Å². The molecule has 8 heteroatoms. The fourth-order valence-corrected chi connectivity index (χ4v) is 4.25. The summed E-state index contributed by atoms with van der Waals surface area (Å²) in [6.07, 6.45) is 2.87. The largest absolute Gasteiger partial charge is 0.378 e. The van der Waals surface area contributed by atoms with E-state index in [-0.39, 0.29) is 5.91 Å². The Morgan fingerprint density at radius 3 is 2.21 bits per heavy atom. The molecule has 0 aliphatic carbocycles. The number of carbonyl (C=O) groups is 1. The summed E-state index contributed by atoms with van der Waals surface area (Å²) in [7, 11) is -3.52. The third-order valence-corrected chi connectivity index (χ3v) is 5.87. The van der Waals surface area contributed by atoms with Crippen LogP contribution in [0.1, 0.15) is 29.6 Å². The van der Waals surface area contributed by atoms with Crippen molar-refractivity contribution < 1.29 is 17.9 Å². The maximum Gasteiger partial charge on any atom is 0.301 e. The van der Waals surface area contributed by atoms with Crippen LogP contribution in [-0.2, 0) is 14.9 Å². The lowest BCUT2D eigenvalue weighted by Gasteiger charge is -2.27. The number of hydrogen-bond acceptors (Lipinski definition) is 4. The van der Waals surface area contributed by atoms with Crippen LogP contribution < -0.4 is 4.72 Å². The molecule has 0 bridgehead atoms. The van der Waals surface area contributed by atoms with E-state index in [0.29, 0.717) is 50.6 Å². The molecule has 1 amide bonds. The zero-order valence-electron chi connectivity index (χ0n) is 13.6. The van der Waals surface area contributed by atoms with Crippen LogP contribution in [0.15, 0.2) is 24.3 Å². The molecule has 0 radical (unpaired) electrons. The van der Waals surface area contributed by atoms with Crippen LogP contribution in [0.25, 0.3) is 0 Å². The normalized spacial score (nSPS) is 19.9. The van der Waals surface area contributed by atoms with E-state index in [9.17, 15) is 13.2 Å². The van der Waals surface area contributed by atoms with Crippen LogP contribution in [0.2, 0.25) is 0 Å². The van der Waals surface area contributed by atoms with Gasteiger partial charge in [-0.3, -0.25) is 9.52 Å². The number of anilines is 1. The molecule has 2 fully saturated rings. The van der Waals surface area contributed by atoms with Gasteiger partial charge in [-0.05, 0) is 37.1 Å². The highest BCUT2D eigenvalue weighted by atomic mass is 32.2. The maximum atomic E-state index is 12.4. The minimum absolute atomic E-state index is 0.0521. The molecule has 1 aromatic carbocycles. The van der Waals surface area contributed by atoms with Crippen molar-refractivity contribution in [2.45, 2.75) is 19.3 Å². The summed E-state index contributed by atoms with van der Waals surface area (Å²) in [6.45, 7) is 3.40. The lowest BCUT2D eigenvalue weighted by Crippen LogP contribution is -2.40. The lowest BCUT2D eigenvalue weighted by molar-refractivity contribution is 0.0303. The summed E-state index contributed by atoms with van der Waals surface area (Å²) < 4.78 is 34.0. The van der Waals surface area contributed by atoms with Crippen molar-refractivity contribution in [3.05, 3.63) is 29.8 Å². The average molecular weight is 353 g/mol. The Morgan fingerprint density at radius 1 is 0.958 bits per heavy atom. The molecule has 24 heavy (non-hydrogen) atoms. The number of ether oxygens (including phenoxy) is 1. The molecule has 1 N–H and O–H groups in total. The van der Waals surface area contributed by atoms with Crippen LogP contribution in [-0.4, -0.2) is 62.9 Å². The van der Waals surface area contributed by atoms with Gasteiger partial charge in [0.2, 0.25) is 0 Å². The molecule has 132 valence electrons. The summed E-state index contributed by atoms with van der Waals surface area (Å²) in [5.74, 6) is -0.0521. The van der Waals surface area contributed by atoms with Crippen LogP contribution in [0.3, 0.4) is 0 Å². The highest BCUT2D eigenvalue weighted by Crippen LogP contribution is 2.18. The summed E-state index contributed by atoms with van der Waals surface area (Å²) >= 11 is 0. The van der Waals surface area contributed by atoms with Crippen LogP contribution in [0, 0.1) is 0 Å². The lowest BCUT2D eigenvalue weighted by atomic mass is 10.2. The van der Waals surface area contributed by atoms with Crippen molar-refractivity contribution >= 4 is 21.8 Å². The molecule has 3 rings (SSSR count). The fourth-order valence-electron chi connectivity index (χ4n) is 2.95. The topological polar surface area (TPSA) is 79.0 Å². The highest BCUT2D eigenvalue weighted by Gasteiger charge is 2.24. The number of benzene rings is 1. The molecular formula is C16H23N3O4S. The molecule has 0 aromatic heterocycles. The molecule has 2 heterocycles. The standard InChI is InChI=1S/C16H23N3O4S/c20-16(18-10-12-23-13-11-18)14-4-6-15(7-5-14)17-24(21,22)19-8-2-1-3-9-19/h4-7,17H,1-3,8-13H2. The number of carbonyl (C=O) groups excluding carboxylic acids is 1. The van der Waals surface area contributed by atoms with Gasteiger partial charge in [-0.2, -0.15) is 12.7 Å². The van der Waals surface area contributed by atoms with E-state index < -0.39 is 10.2 Å². The fraction of sp³-hybridized carbons (Fsp3) is 0.562. The van der Waals surface area contributed by atoms with E-state index in [2.05, 4.69) is 4.72 Å². The third kappa shape index (κ3) is 4.06. The number of hydrogen-bond donors (Lipinski definition) is 1. The number of nitrogens with one attached hydrogen (secondary N) is 1. The van der Waals surface area contributed by atoms with E-state index in [1.807, 2.05) is 0 Å². The van der Waals surface area contributed by atoms with E-state index in [1.54, 1.807) is 29.2 Å². The zero-order valence-corrected chi connectivity index (χ0v) is 14.4. The van der Waals surface area contributed by atoms with E-state index in [4.69, 9.17) is 4.74 Å². The molecule has 0 unspecified atom stereocenters. The first-order valence-electron chi connectivity index (χ1n) is 8.31. The smallest absolute Gasteiger partial charge is 0.301 e. The Hall–Kier alpha value is -1.64. The SMILES string of the molecule is O=C(c1ccc(NS(=O)(=O)N2CCCCC2)cc1)N1CCOCC1. The predicted molar refractivity (Wildman–Crippen MR) is 91.1 cm³/mol. The number of nitrogens with zero attached hydrogens (tertiary/aromatic N) is 2. The Kier molecular flexibility index (Phi) is 5.37. The van der Waals surface area contributed by atoms with Gasteiger partial charge in [0.25, 0.3) is 5.91 Å². The highest BCUT2D eigenvalue weighted by molar-refractivity contribution is 7.90. The molecular weight excluding hydrogens is 330 g/mol. The molecule has 2 aliphatic rings. The van der Waals surface area contributed by atoms with Crippen molar-refractivity contribution in [3.8, 4) is 0 Å². The minimum Gasteiger partial charge on any atom is -0.378 e. The summed E-state index contributed by atoms with van der Waals surface area (Å²) in [4.78, 5) is 14.1. The Morgan fingerprint density at radius 2 is 1.58 bits per heavy atom. The molecule has 2 aliphatic heterocycles. The summed E-state index contributed by atoms with van der Waals surface area (Å²) in [5, 5.41) is 0. The maximum absolute atomic E-state index is 12.4. The van der Waals surface area contributed by atoms with Gasteiger partial charge in [0, 0.05) is 37.4 Å². The van der Waals surface area contributed by atoms with E-state index in [1.165, 1.54) is 4.31 Å². The summed E-state index contributed by atoms with van der Waals surface area (Å²) in [5.41, 5.74) is 1.02. The molecule has 0 spiro atoms. The predicted octanol–water partition coefficient (Wildman–Crippen LogP) is 1.30. The van der Waals surface area contributed by atoms with Gasteiger partial charge in [-0.15, -0.1) is 0 Å². The van der Waals surface area contributed by atoms with Gasteiger partial charge >= 0.3 is 10.2 Å². The summed E-state index contributed by atoms with van der Waals surface area (Å²) in [6, 6.07) is 6.59. The van der Waals surface area contributed by atoms with Crippen molar-refractivity contribution in [2.24, 2.45) is 0 Å². The second kappa shape index (κ2) is 7.50. The van der Waals surface area contributed by atoms with Crippen molar-refractivity contribution in [1.82, 2.24) is 9.21 Å². The van der Waals surface area contributed by atoms with Gasteiger partial charge in [0.1, 0.15) is 0 Å². The van der Waals surface area contributed by atoms with Gasteiger partial charge in [-0.25, -0.2) is 0 Å². The number of amides is 1. The van der Waals surface area contributed by atoms with Crippen LogP contribution in [0.4, 0.5) is 5.69 Å². The molecule has 2 saturated heterocycles. The molecule has 7 nitrogen and oxygen atoms in total. The second-order valence-electron chi connectivity index (χ2n) is 6.05. The van der Waals surface area contributed by atoms with Gasteiger partial charge < -0.3 is 9.64 Å². The monoisotopic (exact) mass is 353 g/mol. The van der Waals surface area contributed by atoms with Crippen molar-refractivity contribution in [1.29, 1.82) is 0 Å². The quantitative estimate of drug-likeness (QED) is 0.885. The first kappa shape index (κ1) is 17.2. The number of morpholine rings is 1. The van der Waals surface area contributed by atoms with Crippen LogP contribution in [0.5, 0.6) is 0 Å². The van der Waals surface area contributed by atoms with Crippen molar-refractivity contribution in [2.75, 3.05) is 44.1 Å². The third-order valence-electron chi connectivity index (χ3n) is 4.33. The average Bonchev–Trinajstić information content (AvgIpc) is 2.63. The first-order valence-corrected chi connectivity index (χ1v) is 9.75. The molecule has 1 aromatic rings. The second-order valence-corrected chi connectivity index (χ2v) is 7.72. The number of rotatable bonds is 4. The number of piperidine rings is 1. The first-order chi connectivity index (χ1) is 11.6. The van der Waals surface area contributed by atoms with Crippen LogP contribution >= 0.6 is 0 Å². The van der Waals surface area contributed by atoms with E-state index >= 15 is 0 Å². The Balaban J connectivity index is 1.64. The Labute approximate surface area is 142 Å². The molecule has 0 saturated carbocycles. The molecule has 0 atom stereocenters. The Bertz CT molecular complexity index is 663. The zero-order chi connectivity index (χ0) is 17.0.